The average molecular weight is 463 g/mol. The van der Waals surface area contributed by atoms with E-state index in [1.54, 1.807) is 12.2 Å². The third-order valence-corrected chi connectivity index (χ3v) is 6.21. The number of hydrogen-bond donors (Lipinski definition) is 3. The molecule has 3 heterocycles. The van der Waals surface area contributed by atoms with Crippen LogP contribution in [-0.2, 0) is 28.8 Å². The third kappa shape index (κ3) is 5.56. The summed E-state index contributed by atoms with van der Waals surface area (Å²) < 4.78 is 0. The highest BCUT2D eigenvalue weighted by atomic mass is 16.2. The van der Waals surface area contributed by atoms with Gasteiger partial charge in [0.25, 0.3) is 0 Å². The van der Waals surface area contributed by atoms with E-state index < -0.39 is 35.8 Å². The average Bonchev–Trinajstić information content (AvgIpc) is 3.59. The van der Waals surface area contributed by atoms with Gasteiger partial charge in [-0.05, 0) is 25.7 Å². The number of rotatable bonds is 8. The van der Waals surface area contributed by atoms with Gasteiger partial charge in [-0.25, -0.2) is 0 Å². The SMILES string of the molecule is NCC(=O)N1CCCC1C(=O)NCC(=O)N1CCCC1C(=O)NCC(=O)N1CC=CC1C=O. The monoisotopic (exact) mass is 462 g/mol. The van der Waals surface area contributed by atoms with Crippen LogP contribution in [0.4, 0.5) is 0 Å². The molecule has 0 aromatic rings. The van der Waals surface area contributed by atoms with Crippen molar-refractivity contribution in [3.05, 3.63) is 12.2 Å². The van der Waals surface area contributed by atoms with Crippen molar-refractivity contribution in [1.29, 1.82) is 0 Å². The molecule has 3 atom stereocenters. The Balaban J connectivity index is 1.47. The third-order valence-electron chi connectivity index (χ3n) is 6.21. The fourth-order valence-corrected chi connectivity index (χ4v) is 4.48. The second kappa shape index (κ2) is 11.0. The van der Waals surface area contributed by atoms with E-state index in [-0.39, 0.29) is 31.4 Å². The molecule has 0 radical (unpaired) electrons. The number of likely N-dealkylation sites (tertiary alicyclic amines) is 2. The van der Waals surface area contributed by atoms with E-state index in [0.29, 0.717) is 51.6 Å². The Morgan fingerprint density at radius 1 is 0.848 bits per heavy atom. The van der Waals surface area contributed by atoms with E-state index in [0.717, 1.165) is 0 Å². The van der Waals surface area contributed by atoms with E-state index in [1.807, 2.05) is 0 Å². The number of carbonyl (C=O) groups excluding carboxylic acids is 6. The van der Waals surface area contributed by atoms with Crippen molar-refractivity contribution < 1.29 is 28.8 Å². The van der Waals surface area contributed by atoms with Crippen LogP contribution in [0.3, 0.4) is 0 Å². The Morgan fingerprint density at radius 3 is 1.88 bits per heavy atom. The second-order valence-corrected chi connectivity index (χ2v) is 8.23. The molecule has 0 saturated carbocycles. The molecule has 3 aliphatic heterocycles. The highest BCUT2D eigenvalue weighted by molar-refractivity contribution is 5.94. The zero-order valence-electron chi connectivity index (χ0n) is 18.4. The maximum Gasteiger partial charge on any atom is 0.243 e. The number of amides is 5. The summed E-state index contributed by atoms with van der Waals surface area (Å²) in [4.78, 5) is 77.2. The minimum Gasteiger partial charge on any atom is -0.345 e. The van der Waals surface area contributed by atoms with Crippen molar-refractivity contribution in [1.82, 2.24) is 25.3 Å². The van der Waals surface area contributed by atoms with Crippen molar-refractivity contribution >= 4 is 35.8 Å². The van der Waals surface area contributed by atoms with Gasteiger partial charge in [0.1, 0.15) is 24.4 Å². The largest absolute Gasteiger partial charge is 0.345 e. The van der Waals surface area contributed by atoms with Crippen LogP contribution >= 0.6 is 0 Å². The first-order valence-electron chi connectivity index (χ1n) is 11.1. The lowest BCUT2D eigenvalue weighted by Crippen LogP contribution is -2.53. The Hall–Kier alpha value is -3.28. The van der Waals surface area contributed by atoms with Crippen LogP contribution in [0, 0.1) is 0 Å². The van der Waals surface area contributed by atoms with E-state index in [9.17, 15) is 28.8 Å². The predicted octanol–water partition coefficient (Wildman–Crippen LogP) is -2.87. The number of nitrogens with one attached hydrogen (secondary N) is 2. The number of nitrogens with two attached hydrogens (primary N) is 1. The van der Waals surface area contributed by atoms with E-state index >= 15 is 0 Å². The molecule has 180 valence electrons. The molecule has 0 aliphatic carbocycles. The molecule has 4 N–H and O–H groups in total. The Morgan fingerprint density at radius 2 is 1.36 bits per heavy atom. The van der Waals surface area contributed by atoms with Gasteiger partial charge in [0.15, 0.2) is 0 Å². The van der Waals surface area contributed by atoms with Crippen LogP contribution in [0.2, 0.25) is 0 Å². The van der Waals surface area contributed by atoms with Gasteiger partial charge in [-0.1, -0.05) is 12.2 Å². The first-order valence-corrected chi connectivity index (χ1v) is 11.1. The van der Waals surface area contributed by atoms with Gasteiger partial charge in [0, 0.05) is 19.6 Å². The summed E-state index contributed by atoms with van der Waals surface area (Å²) in [5.41, 5.74) is 5.39. The Kier molecular flexibility index (Phi) is 8.15. The smallest absolute Gasteiger partial charge is 0.243 e. The number of aldehydes is 1. The molecule has 3 rings (SSSR count). The van der Waals surface area contributed by atoms with Gasteiger partial charge in [0.05, 0.1) is 19.6 Å². The molecule has 2 saturated heterocycles. The Bertz CT molecular complexity index is 845. The molecular weight excluding hydrogens is 432 g/mol. The fourth-order valence-electron chi connectivity index (χ4n) is 4.48. The van der Waals surface area contributed by atoms with Gasteiger partial charge in [-0.2, -0.15) is 0 Å². The minimum atomic E-state index is -0.734. The maximum atomic E-state index is 12.7. The molecule has 33 heavy (non-hydrogen) atoms. The lowest BCUT2D eigenvalue weighted by molar-refractivity contribution is -0.141. The summed E-state index contributed by atoms with van der Waals surface area (Å²) in [6, 6.07) is -2.01. The maximum absolute atomic E-state index is 12.7. The van der Waals surface area contributed by atoms with Crippen molar-refractivity contribution in [2.75, 3.05) is 39.3 Å². The van der Waals surface area contributed by atoms with Crippen molar-refractivity contribution in [3.63, 3.8) is 0 Å². The van der Waals surface area contributed by atoms with Crippen LogP contribution in [0.5, 0.6) is 0 Å². The van der Waals surface area contributed by atoms with Gasteiger partial charge in [0.2, 0.25) is 29.5 Å². The van der Waals surface area contributed by atoms with Gasteiger partial charge in [-0.15, -0.1) is 0 Å². The quantitative estimate of drug-likeness (QED) is 0.258. The molecule has 0 aromatic heterocycles. The minimum absolute atomic E-state index is 0.181. The lowest BCUT2D eigenvalue weighted by Gasteiger charge is -2.26. The highest BCUT2D eigenvalue weighted by Gasteiger charge is 2.36. The van der Waals surface area contributed by atoms with E-state index in [4.69, 9.17) is 5.73 Å². The molecule has 12 heteroatoms. The topological polar surface area (TPSA) is 162 Å². The van der Waals surface area contributed by atoms with Crippen molar-refractivity contribution in [3.8, 4) is 0 Å². The fraction of sp³-hybridized carbons (Fsp3) is 0.619. The molecule has 3 unspecified atom stereocenters. The van der Waals surface area contributed by atoms with Crippen LogP contribution in [0.25, 0.3) is 0 Å². The van der Waals surface area contributed by atoms with Gasteiger partial charge < -0.3 is 35.9 Å². The van der Waals surface area contributed by atoms with Crippen LogP contribution < -0.4 is 16.4 Å². The molecule has 3 aliphatic rings. The number of nitrogens with zero attached hydrogens (tertiary/aromatic N) is 3. The molecular formula is C21H30N6O6. The highest BCUT2D eigenvalue weighted by Crippen LogP contribution is 2.19. The summed E-state index contributed by atoms with van der Waals surface area (Å²) in [5, 5.41) is 5.12. The summed E-state index contributed by atoms with van der Waals surface area (Å²) in [6.07, 6.45) is 6.25. The molecule has 5 amide bonds. The van der Waals surface area contributed by atoms with Crippen LogP contribution in [0.15, 0.2) is 12.2 Å². The molecule has 12 nitrogen and oxygen atoms in total. The van der Waals surface area contributed by atoms with Gasteiger partial charge in [-0.3, -0.25) is 24.0 Å². The van der Waals surface area contributed by atoms with Crippen molar-refractivity contribution in [2.24, 2.45) is 5.73 Å². The standard InChI is InChI=1S/C21H30N6O6/c22-10-17(29)26-8-2-5-15(26)20(32)24-12-19(31)27-9-3-6-16(27)21(33)23-11-18(30)25-7-1-4-14(25)13-28/h1,4,13-16H,2-3,5-12,22H2,(H,23,33)(H,24,32). The molecule has 0 aromatic carbocycles. The second-order valence-electron chi connectivity index (χ2n) is 8.23. The summed E-state index contributed by atoms with van der Waals surface area (Å²) in [7, 11) is 0. The van der Waals surface area contributed by atoms with Crippen molar-refractivity contribution in [2.45, 2.75) is 43.8 Å². The van der Waals surface area contributed by atoms with Crippen LogP contribution in [0.1, 0.15) is 25.7 Å². The Labute approximate surface area is 191 Å². The van der Waals surface area contributed by atoms with Gasteiger partial charge >= 0.3 is 0 Å². The van der Waals surface area contributed by atoms with E-state index in [1.165, 1.54) is 14.7 Å². The van der Waals surface area contributed by atoms with E-state index in [2.05, 4.69) is 10.6 Å². The lowest BCUT2D eigenvalue weighted by atomic mass is 10.2. The summed E-state index contributed by atoms with van der Waals surface area (Å²) in [5.74, 6) is -1.98. The molecule has 2 fully saturated rings. The van der Waals surface area contributed by atoms with Crippen LogP contribution in [-0.4, -0.2) is 108 Å². The zero-order chi connectivity index (χ0) is 24.0. The number of hydrogen-bond acceptors (Lipinski definition) is 7. The summed E-state index contributed by atoms with van der Waals surface area (Å²) in [6.45, 7) is 0.387. The zero-order valence-corrected chi connectivity index (χ0v) is 18.4. The normalized spacial score (nSPS) is 24.2. The number of carbonyl (C=O) groups is 6. The molecule has 0 spiro atoms. The molecule has 0 bridgehead atoms. The summed E-state index contributed by atoms with van der Waals surface area (Å²) >= 11 is 0. The first-order chi connectivity index (χ1) is 15.9. The predicted molar refractivity (Wildman–Crippen MR) is 115 cm³/mol. The first kappa shape index (κ1) is 24.4.